The maximum atomic E-state index is 11.1. The predicted octanol–water partition coefficient (Wildman–Crippen LogP) is 2.05. The van der Waals surface area contributed by atoms with Crippen LogP contribution in [0.4, 0.5) is 0 Å². The number of hydrogen-bond acceptors (Lipinski definition) is 6. The number of amides is 1. The van der Waals surface area contributed by atoms with E-state index in [1.807, 2.05) is 24.3 Å². The van der Waals surface area contributed by atoms with Gasteiger partial charge in [0.25, 0.3) is 11.7 Å². The molecule has 1 aromatic carbocycles. The van der Waals surface area contributed by atoms with E-state index in [-0.39, 0.29) is 11.9 Å². The van der Waals surface area contributed by atoms with Crippen LogP contribution in [0.25, 0.3) is 10.9 Å². The molecule has 122 valence electrons. The van der Waals surface area contributed by atoms with Gasteiger partial charge in [0.1, 0.15) is 0 Å². The predicted molar refractivity (Wildman–Crippen MR) is 86.9 cm³/mol. The zero-order valence-corrected chi connectivity index (χ0v) is 13.1. The highest BCUT2D eigenvalue weighted by atomic mass is 16.5. The van der Waals surface area contributed by atoms with Crippen LogP contribution < -0.4 is 5.73 Å². The molecule has 0 saturated carbocycles. The number of para-hydroxylation sites is 1. The van der Waals surface area contributed by atoms with E-state index in [9.17, 15) is 4.79 Å². The summed E-state index contributed by atoms with van der Waals surface area (Å²) in [6.07, 6.45) is 1.94. The number of rotatable bonds is 4. The first-order chi connectivity index (χ1) is 11.7. The van der Waals surface area contributed by atoms with Crippen molar-refractivity contribution in [3.05, 3.63) is 53.8 Å². The Morgan fingerprint density at radius 2 is 2.12 bits per heavy atom. The molecule has 1 aliphatic heterocycles. The Hall–Kier alpha value is -2.80. The molecule has 0 aliphatic carbocycles. The molecule has 7 nitrogen and oxygen atoms in total. The molecular weight excluding hydrogens is 306 g/mol. The molecule has 1 atom stereocenters. The van der Waals surface area contributed by atoms with Crippen molar-refractivity contribution >= 4 is 16.8 Å². The summed E-state index contributed by atoms with van der Waals surface area (Å²) in [7, 11) is 0. The topological polar surface area (TPSA) is 98.1 Å². The average Bonchev–Trinajstić information content (AvgIpc) is 3.23. The lowest BCUT2D eigenvalue weighted by molar-refractivity contribution is 0.0987. The molecule has 4 rings (SSSR count). The molecule has 0 bridgehead atoms. The lowest BCUT2D eigenvalue weighted by Gasteiger charge is -2.21. The van der Waals surface area contributed by atoms with Gasteiger partial charge in [-0.25, -0.2) is 0 Å². The van der Waals surface area contributed by atoms with E-state index >= 15 is 0 Å². The van der Waals surface area contributed by atoms with Gasteiger partial charge in [0.15, 0.2) is 0 Å². The number of pyridine rings is 1. The van der Waals surface area contributed by atoms with E-state index in [0.717, 1.165) is 36.0 Å². The summed E-state index contributed by atoms with van der Waals surface area (Å²) in [5, 5.41) is 4.77. The lowest BCUT2D eigenvalue weighted by atomic mass is 10.2. The SMILES string of the molecule is NC(=O)c1noc([C@H]2CCCN2Cc2ccc3ccccc3n2)n1. The molecule has 0 radical (unpaired) electrons. The summed E-state index contributed by atoms with van der Waals surface area (Å²) in [6, 6.07) is 12.2. The van der Waals surface area contributed by atoms with E-state index in [2.05, 4.69) is 27.2 Å². The van der Waals surface area contributed by atoms with Crippen LogP contribution >= 0.6 is 0 Å². The average molecular weight is 323 g/mol. The van der Waals surface area contributed by atoms with Crippen LogP contribution in [0.5, 0.6) is 0 Å². The van der Waals surface area contributed by atoms with Crippen LogP contribution in [0.3, 0.4) is 0 Å². The van der Waals surface area contributed by atoms with Crippen molar-refractivity contribution in [2.75, 3.05) is 6.54 Å². The van der Waals surface area contributed by atoms with Crippen molar-refractivity contribution in [1.82, 2.24) is 20.0 Å². The summed E-state index contributed by atoms with van der Waals surface area (Å²) in [4.78, 5) is 22.2. The minimum absolute atomic E-state index is 0.00105. The Balaban J connectivity index is 1.56. The first-order valence-electron chi connectivity index (χ1n) is 7.93. The number of nitrogens with two attached hydrogens (primary N) is 1. The van der Waals surface area contributed by atoms with Gasteiger partial charge in [-0.3, -0.25) is 14.7 Å². The van der Waals surface area contributed by atoms with Crippen LogP contribution in [0.1, 0.15) is 41.1 Å². The standard InChI is InChI=1S/C17H17N5O2/c18-15(23)16-20-17(24-21-16)14-6-3-9-22(14)10-12-8-7-11-4-1-2-5-13(11)19-12/h1-2,4-5,7-8,14H,3,6,9-10H2,(H2,18,23)/t14-/m1/s1. The van der Waals surface area contributed by atoms with Crippen molar-refractivity contribution in [2.45, 2.75) is 25.4 Å². The first kappa shape index (κ1) is 14.8. The van der Waals surface area contributed by atoms with E-state index < -0.39 is 5.91 Å². The van der Waals surface area contributed by atoms with Gasteiger partial charge in [-0.05, 0) is 31.5 Å². The van der Waals surface area contributed by atoms with Crippen molar-refractivity contribution in [1.29, 1.82) is 0 Å². The zero-order valence-electron chi connectivity index (χ0n) is 13.1. The first-order valence-corrected chi connectivity index (χ1v) is 7.93. The van der Waals surface area contributed by atoms with Crippen LogP contribution in [0, 0.1) is 0 Å². The summed E-state index contributed by atoms with van der Waals surface area (Å²) < 4.78 is 5.22. The third-order valence-corrected chi connectivity index (χ3v) is 4.33. The van der Waals surface area contributed by atoms with E-state index in [1.165, 1.54) is 0 Å². The van der Waals surface area contributed by atoms with Gasteiger partial charge in [-0.1, -0.05) is 29.4 Å². The van der Waals surface area contributed by atoms with E-state index in [4.69, 9.17) is 15.2 Å². The summed E-state index contributed by atoms with van der Waals surface area (Å²) >= 11 is 0. The molecule has 2 aromatic heterocycles. The van der Waals surface area contributed by atoms with Crippen molar-refractivity contribution in [3.63, 3.8) is 0 Å². The molecule has 1 aliphatic rings. The monoisotopic (exact) mass is 323 g/mol. The second kappa shape index (κ2) is 6.01. The largest absolute Gasteiger partial charge is 0.363 e. The molecule has 3 aromatic rings. The number of fused-ring (bicyclic) bond motifs is 1. The van der Waals surface area contributed by atoms with Gasteiger partial charge in [0.05, 0.1) is 17.3 Å². The Morgan fingerprint density at radius 1 is 1.25 bits per heavy atom. The quantitative estimate of drug-likeness (QED) is 0.789. The highest BCUT2D eigenvalue weighted by Crippen LogP contribution is 2.32. The highest BCUT2D eigenvalue weighted by Gasteiger charge is 2.31. The Bertz CT molecular complexity index is 891. The third-order valence-electron chi connectivity index (χ3n) is 4.33. The van der Waals surface area contributed by atoms with Gasteiger partial charge in [-0.15, -0.1) is 0 Å². The smallest absolute Gasteiger partial charge is 0.290 e. The van der Waals surface area contributed by atoms with Crippen LogP contribution in [-0.4, -0.2) is 32.5 Å². The molecule has 1 saturated heterocycles. The number of hydrogen-bond donors (Lipinski definition) is 1. The fourth-order valence-electron chi connectivity index (χ4n) is 3.17. The summed E-state index contributed by atoms with van der Waals surface area (Å²) in [5.41, 5.74) is 7.17. The molecule has 3 heterocycles. The summed E-state index contributed by atoms with van der Waals surface area (Å²) in [5.74, 6) is -0.298. The molecule has 7 heteroatoms. The lowest BCUT2D eigenvalue weighted by Crippen LogP contribution is -2.23. The van der Waals surface area contributed by atoms with E-state index in [1.54, 1.807) is 0 Å². The zero-order chi connectivity index (χ0) is 16.5. The third kappa shape index (κ3) is 2.74. The minimum atomic E-state index is -0.675. The van der Waals surface area contributed by atoms with Gasteiger partial charge in [-0.2, -0.15) is 4.98 Å². The normalized spacial score (nSPS) is 18.2. The number of aromatic nitrogens is 3. The molecule has 24 heavy (non-hydrogen) atoms. The summed E-state index contributed by atoms with van der Waals surface area (Å²) in [6.45, 7) is 1.62. The second-order valence-electron chi connectivity index (χ2n) is 5.94. The van der Waals surface area contributed by atoms with Gasteiger partial charge in [0.2, 0.25) is 5.89 Å². The van der Waals surface area contributed by atoms with Crippen molar-refractivity contribution in [2.24, 2.45) is 5.73 Å². The molecule has 0 unspecified atom stereocenters. The number of nitrogens with zero attached hydrogens (tertiary/aromatic N) is 4. The van der Waals surface area contributed by atoms with Crippen molar-refractivity contribution < 1.29 is 9.32 Å². The number of carbonyl (C=O) groups excluding carboxylic acids is 1. The van der Waals surface area contributed by atoms with Gasteiger partial charge < -0.3 is 10.3 Å². The van der Waals surface area contributed by atoms with Gasteiger partial charge in [0, 0.05) is 11.9 Å². The Kier molecular flexibility index (Phi) is 3.70. The Morgan fingerprint density at radius 3 is 2.96 bits per heavy atom. The highest BCUT2D eigenvalue weighted by molar-refractivity contribution is 5.88. The molecule has 2 N–H and O–H groups in total. The van der Waals surface area contributed by atoms with E-state index in [0.29, 0.717) is 12.4 Å². The Labute approximate surface area is 138 Å². The van der Waals surface area contributed by atoms with Crippen LogP contribution in [0.2, 0.25) is 0 Å². The van der Waals surface area contributed by atoms with Gasteiger partial charge >= 0.3 is 0 Å². The second-order valence-corrected chi connectivity index (χ2v) is 5.94. The maximum Gasteiger partial charge on any atom is 0.290 e. The van der Waals surface area contributed by atoms with Crippen molar-refractivity contribution in [3.8, 4) is 0 Å². The number of benzene rings is 1. The fourth-order valence-corrected chi connectivity index (χ4v) is 3.17. The maximum absolute atomic E-state index is 11.1. The molecule has 0 spiro atoms. The number of primary amides is 1. The minimum Gasteiger partial charge on any atom is -0.363 e. The molecule has 1 amide bonds. The van der Waals surface area contributed by atoms with Crippen LogP contribution in [-0.2, 0) is 6.54 Å². The fraction of sp³-hybridized carbons (Fsp3) is 0.294. The van der Waals surface area contributed by atoms with Crippen LogP contribution in [0.15, 0.2) is 40.9 Å². The number of carbonyl (C=O) groups is 1. The molecular formula is C17H17N5O2. The molecule has 1 fully saturated rings. The number of likely N-dealkylation sites (tertiary alicyclic amines) is 1.